The average Bonchev–Trinajstić information content (AvgIpc) is 3.56. The molecule has 1 N–H and O–H groups in total. The molecule has 0 aromatic heterocycles. The molecular formula is C23H27NO5. The number of methoxy groups -OCH3 is 2. The molecule has 1 aromatic carbocycles. The van der Waals surface area contributed by atoms with Gasteiger partial charge in [-0.25, -0.2) is 0 Å². The van der Waals surface area contributed by atoms with E-state index in [9.17, 15) is 14.4 Å². The Kier molecular flexibility index (Phi) is 6.52. The second-order valence-electron chi connectivity index (χ2n) is 7.57. The van der Waals surface area contributed by atoms with E-state index in [1.54, 1.807) is 6.92 Å². The summed E-state index contributed by atoms with van der Waals surface area (Å²) in [5.41, 5.74) is 2.77. The van der Waals surface area contributed by atoms with Gasteiger partial charge in [0.15, 0.2) is 0 Å². The van der Waals surface area contributed by atoms with Gasteiger partial charge in [-0.2, -0.15) is 0 Å². The van der Waals surface area contributed by atoms with Crippen molar-refractivity contribution in [3.63, 3.8) is 0 Å². The molecule has 6 nitrogen and oxygen atoms in total. The standard InChI is InChI=1S/C23H27NO5/c1-14-18(21(27)23(29-3)22(28-2)20(14)26)12-16-6-4-15(5-7-16)10-11-19(25)24-13-17-8-9-17/h4-7,17H,8-13H2,1-3H3,(H,24,25). The first kappa shape index (κ1) is 20.8. The number of carbonyl (C=O) groups excluding carboxylic acids is 3. The summed E-state index contributed by atoms with van der Waals surface area (Å²) >= 11 is 0. The lowest BCUT2D eigenvalue weighted by molar-refractivity contribution is -0.121. The van der Waals surface area contributed by atoms with Crippen molar-refractivity contribution in [2.75, 3.05) is 20.8 Å². The molecule has 0 heterocycles. The molecule has 6 heteroatoms. The second-order valence-corrected chi connectivity index (χ2v) is 7.57. The molecule has 0 spiro atoms. The van der Waals surface area contributed by atoms with Gasteiger partial charge in [-0.3, -0.25) is 14.4 Å². The molecule has 154 valence electrons. The summed E-state index contributed by atoms with van der Waals surface area (Å²) < 4.78 is 10.2. The average molecular weight is 397 g/mol. The van der Waals surface area contributed by atoms with Crippen LogP contribution in [0, 0.1) is 5.92 Å². The number of carbonyl (C=O) groups is 3. The first-order chi connectivity index (χ1) is 13.9. The Labute approximate surface area is 171 Å². The van der Waals surface area contributed by atoms with Crippen molar-refractivity contribution in [1.29, 1.82) is 0 Å². The summed E-state index contributed by atoms with van der Waals surface area (Å²) in [5.74, 6) is 0.0198. The lowest BCUT2D eigenvalue weighted by atomic mass is 9.88. The van der Waals surface area contributed by atoms with Gasteiger partial charge < -0.3 is 14.8 Å². The molecule has 2 aliphatic carbocycles. The second kappa shape index (κ2) is 9.07. The molecular weight excluding hydrogens is 370 g/mol. The Morgan fingerprint density at radius 3 is 2.17 bits per heavy atom. The van der Waals surface area contributed by atoms with E-state index >= 15 is 0 Å². The van der Waals surface area contributed by atoms with Crippen LogP contribution in [0.3, 0.4) is 0 Å². The lowest BCUT2D eigenvalue weighted by Gasteiger charge is -2.20. The van der Waals surface area contributed by atoms with Crippen molar-refractivity contribution >= 4 is 17.5 Å². The smallest absolute Gasteiger partial charge is 0.228 e. The highest BCUT2D eigenvalue weighted by Gasteiger charge is 2.34. The lowest BCUT2D eigenvalue weighted by Crippen LogP contribution is -2.26. The van der Waals surface area contributed by atoms with Gasteiger partial charge in [-0.1, -0.05) is 24.3 Å². The molecule has 0 unspecified atom stereocenters. The molecule has 1 aromatic rings. The Morgan fingerprint density at radius 2 is 1.59 bits per heavy atom. The van der Waals surface area contributed by atoms with Crippen LogP contribution in [0.4, 0.5) is 0 Å². The number of amides is 1. The predicted molar refractivity (Wildman–Crippen MR) is 108 cm³/mol. The maximum absolute atomic E-state index is 12.7. The van der Waals surface area contributed by atoms with E-state index in [0.717, 1.165) is 17.7 Å². The van der Waals surface area contributed by atoms with Crippen LogP contribution in [0.5, 0.6) is 0 Å². The quantitative estimate of drug-likeness (QED) is 0.648. The minimum Gasteiger partial charge on any atom is -0.489 e. The number of rotatable bonds is 9. The normalized spacial score (nSPS) is 16.9. The highest BCUT2D eigenvalue weighted by Crippen LogP contribution is 2.28. The molecule has 0 aliphatic heterocycles. The van der Waals surface area contributed by atoms with Gasteiger partial charge in [-0.05, 0) is 43.2 Å². The summed E-state index contributed by atoms with van der Waals surface area (Å²) in [6.45, 7) is 2.43. The summed E-state index contributed by atoms with van der Waals surface area (Å²) in [7, 11) is 2.70. The SMILES string of the molecule is COC1=C(OC)C(=O)C(Cc2ccc(CCC(=O)NCC3CC3)cc2)=C(C)C1=O. The number of Topliss-reactive ketones (excluding diaryl/α,β-unsaturated/α-hetero) is 2. The Bertz CT molecular complexity index is 875. The third kappa shape index (κ3) is 4.94. The number of aryl methyl sites for hydroxylation is 1. The zero-order valence-corrected chi connectivity index (χ0v) is 17.2. The summed E-state index contributed by atoms with van der Waals surface area (Å²) in [5, 5.41) is 2.97. The van der Waals surface area contributed by atoms with Crippen molar-refractivity contribution < 1.29 is 23.9 Å². The third-order valence-corrected chi connectivity index (χ3v) is 5.42. The molecule has 2 aliphatic rings. The van der Waals surface area contributed by atoms with E-state index in [-0.39, 0.29) is 29.0 Å². The van der Waals surface area contributed by atoms with Gasteiger partial charge in [-0.15, -0.1) is 0 Å². The summed E-state index contributed by atoms with van der Waals surface area (Å²) in [6.07, 6.45) is 3.91. The van der Waals surface area contributed by atoms with E-state index in [0.29, 0.717) is 36.3 Å². The van der Waals surface area contributed by atoms with Gasteiger partial charge >= 0.3 is 0 Å². The van der Waals surface area contributed by atoms with E-state index in [1.807, 2.05) is 24.3 Å². The van der Waals surface area contributed by atoms with Gasteiger partial charge in [0.2, 0.25) is 29.0 Å². The van der Waals surface area contributed by atoms with Crippen LogP contribution in [-0.4, -0.2) is 38.2 Å². The van der Waals surface area contributed by atoms with Crippen LogP contribution in [0.2, 0.25) is 0 Å². The number of ketones is 2. The first-order valence-corrected chi connectivity index (χ1v) is 9.90. The Hall–Kier alpha value is -2.89. The maximum Gasteiger partial charge on any atom is 0.228 e. The van der Waals surface area contributed by atoms with E-state index in [4.69, 9.17) is 9.47 Å². The predicted octanol–water partition coefficient (Wildman–Crippen LogP) is 2.66. The minimum atomic E-state index is -0.326. The molecule has 0 bridgehead atoms. The molecule has 0 atom stereocenters. The van der Waals surface area contributed by atoms with Crippen LogP contribution >= 0.6 is 0 Å². The Morgan fingerprint density at radius 1 is 1.00 bits per heavy atom. The largest absolute Gasteiger partial charge is 0.489 e. The van der Waals surface area contributed by atoms with E-state index in [1.165, 1.54) is 27.1 Å². The van der Waals surface area contributed by atoms with Crippen molar-refractivity contribution in [1.82, 2.24) is 5.32 Å². The molecule has 1 saturated carbocycles. The van der Waals surface area contributed by atoms with E-state index < -0.39 is 0 Å². The highest BCUT2D eigenvalue weighted by molar-refractivity contribution is 6.23. The van der Waals surface area contributed by atoms with Crippen molar-refractivity contribution in [3.8, 4) is 0 Å². The van der Waals surface area contributed by atoms with Gasteiger partial charge in [0.1, 0.15) is 0 Å². The molecule has 0 radical (unpaired) electrons. The fraction of sp³-hybridized carbons (Fsp3) is 0.435. The number of nitrogens with one attached hydrogen (secondary N) is 1. The van der Waals surface area contributed by atoms with Crippen molar-refractivity contribution in [2.24, 2.45) is 5.92 Å². The molecule has 3 rings (SSSR count). The van der Waals surface area contributed by atoms with Gasteiger partial charge in [0.25, 0.3) is 0 Å². The molecule has 29 heavy (non-hydrogen) atoms. The topological polar surface area (TPSA) is 81.7 Å². The zero-order chi connectivity index (χ0) is 21.0. The molecule has 1 fully saturated rings. The monoisotopic (exact) mass is 397 g/mol. The van der Waals surface area contributed by atoms with Crippen LogP contribution in [0.15, 0.2) is 46.9 Å². The number of hydrogen-bond acceptors (Lipinski definition) is 5. The zero-order valence-electron chi connectivity index (χ0n) is 17.2. The summed E-state index contributed by atoms with van der Waals surface area (Å²) in [4.78, 5) is 37.1. The summed E-state index contributed by atoms with van der Waals surface area (Å²) in [6, 6.07) is 7.78. The third-order valence-electron chi connectivity index (χ3n) is 5.42. The molecule has 0 saturated heterocycles. The van der Waals surface area contributed by atoms with Crippen LogP contribution in [0.1, 0.15) is 37.3 Å². The van der Waals surface area contributed by atoms with Crippen molar-refractivity contribution in [3.05, 3.63) is 58.1 Å². The van der Waals surface area contributed by atoms with Gasteiger partial charge in [0, 0.05) is 30.5 Å². The Balaban J connectivity index is 1.61. The van der Waals surface area contributed by atoms with Crippen molar-refractivity contribution in [2.45, 2.75) is 39.0 Å². The number of ether oxygens (including phenoxy) is 2. The number of benzene rings is 1. The van der Waals surface area contributed by atoms with Crippen LogP contribution < -0.4 is 5.32 Å². The number of allylic oxidation sites excluding steroid dienone is 2. The van der Waals surface area contributed by atoms with Crippen LogP contribution in [-0.2, 0) is 36.7 Å². The highest BCUT2D eigenvalue weighted by atomic mass is 16.5. The maximum atomic E-state index is 12.7. The first-order valence-electron chi connectivity index (χ1n) is 9.90. The van der Waals surface area contributed by atoms with Gasteiger partial charge in [0.05, 0.1) is 14.2 Å². The van der Waals surface area contributed by atoms with Crippen LogP contribution in [0.25, 0.3) is 0 Å². The molecule has 1 amide bonds. The minimum absolute atomic E-state index is 0.0472. The number of hydrogen-bond donors (Lipinski definition) is 1. The fourth-order valence-corrected chi connectivity index (χ4v) is 3.36. The fourth-order valence-electron chi connectivity index (χ4n) is 3.36. The van der Waals surface area contributed by atoms with E-state index in [2.05, 4.69) is 5.32 Å².